The van der Waals surface area contributed by atoms with Crippen LogP contribution in [0.5, 0.6) is 0 Å². The Morgan fingerprint density at radius 1 is 1.45 bits per heavy atom. The molecule has 0 fully saturated rings. The number of aromatic nitrogens is 5. The first-order chi connectivity index (χ1) is 10.7. The normalized spacial score (nSPS) is 11.0. The van der Waals surface area contributed by atoms with E-state index in [4.69, 9.17) is 5.11 Å². The summed E-state index contributed by atoms with van der Waals surface area (Å²) in [6.07, 6.45) is 3.91. The van der Waals surface area contributed by atoms with Crippen LogP contribution >= 0.6 is 11.3 Å². The number of rotatable bonds is 6. The molecule has 0 bridgehead atoms. The summed E-state index contributed by atoms with van der Waals surface area (Å²) in [6, 6.07) is 2.10. The Kier molecular flexibility index (Phi) is 3.96. The fraction of sp³-hybridized carbons (Fsp3) is 0.308. The summed E-state index contributed by atoms with van der Waals surface area (Å²) in [5.41, 5.74) is -0.0603. The van der Waals surface area contributed by atoms with E-state index in [-0.39, 0.29) is 5.69 Å². The average Bonchev–Trinajstić information content (AvgIpc) is 3.13. The number of carboxylic acid groups (broad SMARTS) is 1. The van der Waals surface area contributed by atoms with E-state index in [1.807, 2.05) is 0 Å². The second-order valence-corrected chi connectivity index (χ2v) is 5.72. The quantitative estimate of drug-likeness (QED) is 0.712. The largest absolute Gasteiger partial charge is 0.476 e. The van der Waals surface area contributed by atoms with Crippen molar-refractivity contribution in [1.29, 1.82) is 0 Å². The third kappa shape index (κ3) is 2.89. The highest BCUT2D eigenvalue weighted by Crippen LogP contribution is 2.28. The molecule has 22 heavy (non-hydrogen) atoms. The molecular weight excluding hydrogens is 304 g/mol. The van der Waals surface area contributed by atoms with Gasteiger partial charge in [-0.15, -0.1) is 16.4 Å². The number of hydrogen-bond acceptors (Lipinski definition) is 7. The minimum absolute atomic E-state index is 0.0603. The lowest BCUT2D eigenvalue weighted by molar-refractivity contribution is 0.0690. The van der Waals surface area contributed by atoms with E-state index >= 15 is 0 Å². The summed E-state index contributed by atoms with van der Waals surface area (Å²) in [5.74, 6) is -0.304. The second-order valence-electron chi connectivity index (χ2n) is 4.61. The van der Waals surface area contributed by atoms with Crippen LogP contribution in [0.1, 0.15) is 22.3 Å². The molecule has 0 aliphatic heterocycles. The van der Waals surface area contributed by atoms with Crippen LogP contribution in [-0.4, -0.2) is 42.6 Å². The van der Waals surface area contributed by atoms with Crippen molar-refractivity contribution in [2.24, 2.45) is 0 Å². The van der Waals surface area contributed by atoms with Crippen LogP contribution in [0.3, 0.4) is 0 Å². The van der Waals surface area contributed by atoms with E-state index in [0.29, 0.717) is 13.1 Å². The molecule has 0 atom stereocenters. The predicted molar refractivity (Wildman–Crippen MR) is 82.3 cm³/mol. The molecule has 0 amide bonds. The molecule has 0 saturated carbocycles. The van der Waals surface area contributed by atoms with Crippen molar-refractivity contribution in [1.82, 2.24) is 25.0 Å². The maximum atomic E-state index is 10.7. The zero-order chi connectivity index (χ0) is 15.5. The third-order valence-electron chi connectivity index (χ3n) is 3.12. The highest BCUT2D eigenvalue weighted by Gasteiger charge is 2.09. The van der Waals surface area contributed by atoms with Crippen LogP contribution < -0.4 is 5.32 Å². The first-order valence-electron chi connectivity index (χ1n) is 6.78. The van der Waals surface area contributed by atoms with Gasteiger partial charge in [-0.05, 0) is 12.5 Å². The van der Waals surface area contributed by atoms with E-state index in [2.05, 4.69) is 38.6 Å². The van der Waals surface area contributed by atoms with Gasteiger partial charge in [0.2, 0.25) is 0 Å². The Morgan fingerprint density at radius 2 is 2.32 bits per heavy atom. The van der Waals surface area contributed by atoms with Gasteiger partial charge in [0.1, 0.15) is 17.0 Å². The number of nitrogens with one attached hydrogen (secondary N) is 1. The van der Waals surface area contributed by atoms with Gasteiger partial charge in [-0.2, -0.15) is 0 Å². The SMILES string of the molecule is CCc1cc2c(NCCn3cc(C(=O)O)nn3)ncnc2s1. The molecule has 9 heteroatoms. The van der Waals surface area contributed by atoms with Gasteiger partial charge >= 0.3 is 5.97 Å². The van der Waals surface area contributed by atoms with Gasteiger partial charge in [-0.3, -0.25) is 0 Å². The Morgan fingerprint density at radius 3 is 3.05 bits per heavy atom. The molecule has 114 valence electrons. The van der Waals surface area contributed by atoms with E-state index < -0.39 is 5.97 Å². The highest BCUT2D eigenvalue weighted by molar-refractivity contribution is 7.18. The van der Waals surface area contributed by atoms with Crippen molar-refractivity contribution in [3.05, 3.63) is 29.2 Å². The van der Waals surface area contributed by atoms with Crippen molar-refractivity contribution in [2.45, 2.75) is 19.9 Å². The number of fused-ring (bicyclic) bond motifs is 1. The summed E-state index contributed by atoms with van der Waals surface area (Å²) in [6.45, 7) is 3.17. The summed E-state index contributed by atoms with van der Waals surface area (Å²) in [4.78, 5) is 21.5. The monoisotopic (exact) mass is 318 g/mol. The first-order valence-corrected chi connectivity index (χ1v) is 7.59. The molecule has 2 N–H and O–H groups in total. The van der Waals surface area contributed by atoms with Crippen LogP contribution in [0.15, 0.2) is 18.6 Å². The van der Waals surface area contributed by atoms with Crippen LogP contribution in [0.2, 0.25) is 0 Å². The minimum atomic E-state index is -1.08. The molecule has 0 aliphatic carbocycles. The zero-order valence-electron chi connectivity index (χ0n) is 11.9. The summed E-state index contributed by atoms with van der Waals surface area (Å²) in [7, 11) is 0. The topological polar surface area (TPSA) is 106 Å². The second kappa shape index (κ2) is 6.06. The minimum Gasteiger partial charge on any atom is -0.476 e. The van der Waals surface area contributed by atoms with Gasteiger partial charge in [0.05, 0.1) is 18.1 Å². The molecule has 3 heterocycles. The number of carboxylic acids is 1. The van der Waals surface area contributed by atoms with E-state index in [9.17, 15) is 4.79 Å². The maximum absolute atomic E-state index is 10.7. The molecule has 0 saturated heterocycles. The number of nitrogens with zero attached hydrogens (tertiary/aromatic N) is 5. The smallest absolute Gasteiger partial charge is 0.358 e. The molecular formula is C13H14N6O2S. The van der Waals surface area contributed by atoms with Gasteiger partial charge in [-0.1, -0.05) is 12.1 Å². The van der Waals surface area contributed by atoms with Crippen molar-refractivity contribution >= 4 is 33.3 Å². The number of anilines is 1. The van der Waals surface area contributed by atoms with Gasteiger partial charge in [0.15, 0.2) is 5.69 Å². The molecule has 0 aromatic carbocycles. The average molecular weight is 318 g/mol. The van der Waals surface area contributed by atoms with E-state index in [0.717, 1.165) is 22.5 Å². The maximum Gasteiger partial charge on any atom is 0.358 e. The fourth-order valence-electron chi connectivity index (χ4n) is 2.02. The number of thiophene rings is 1. The number of carbonyl (C=O) groups is 1. The Labute approximate surface area is 129 Å². The van der Waals surface area contributed by atoms with Crippen LogP contribution in [0, 0.1) is 0 Å². The van der Waals surface area contributed by atoms with E-state index in [1.165, 1.54) is 15.8 Å². The van der Waals surface area contributed by atoms with Gasteiger partial charge in [0.25, 0.3) is 0 Å². The van der Waals surface area contributed by atoms with Crippen LogP contribution in [-0.2, 0) is 13.0 Å². The Hall–Kier alpha value is -2.55. The number of hydrogen-bond donors (Lipinski definition) is 2. The van der Waals surface area contributed by atoms with Gasteiger partial charge in [-0.25, -0.2) is 19.4 Å². The van der Waals surface area contributed by atoms with Crippen molar-refractivity contribution in [2.75, 3.05) is 11.9 Å². The fourth-order valence-corrected chi connectivity index (χ4v) is 2.95. The van der Waals surface area contributed by atoms with Crippen molar-refractivity contribution < 1.29 is 9.90 Å². The molecule has 0 spiro atoms. The lowest BCUT2D eigenvalue weighted by Crippen LogP contribution is -2.12. The zero-order valence-corrected chi connectivity index (χ0v) is 12.7. The molecule has 0 unspecified atom stereocenters. The van der Waals surface area contributed by atoms with Crippen LogP contribution in [0.25, 0.3) is 10.2 Å². The van der Waals surface area contributed by atoms with Crippen molar-refractivity contribution in [3.8, 4) is 0 Å². The van der Waals surface area contributed by atoms with E-state index in [1.54, 1.807) is 17.7 Å². The molecule has 0 radical (unpaired) electrons. The Bertz CT molecular complexity index is 812. The molecule has 3 aromatic rings. The molecule has 0 aliphatic rings. The molecule has 8 nitrogen and oxygen atoms in total. The number of aryl methyl sites for hydroxylation is 1. The van der Waals surface area contributed by atoms with Gasteiger partial charge < -0.3 is 10.4 Å². The summed E-state index contributed by atoms with van der Waals surface area (Å²) >= 11 is 1.66. The standard InChI is InChI=1S/C13H14N6O2S/c1-2-8-5-9-11(15-7-16-12(9)22-8)14-3-4-19-6-10(13(20)21)17-18-19/h5-7H,2-4H2,1H3,(H,20,21)(H,14,15,16). The lowest BCUT2D eigenvalue weighted by Gasteiger charge is -2.05. The highest BCUT2D eigenvalue weighted by atomic mass is 32.1. The predicted octanol–water partition coefficient (Wildman–Crippen LogP) is 1.66. The number of aromatic carboxylic acids is 1. The van der Waals surface area contributed by atoms with Crippen molar-refractivity contribution in [3.63, 3.8) is 0 Å². The third-order valence-corrected chi connectivity index (χ3v) is 4.31. The Balaban J connectivity index is 1.68. The summed E-state index contributed by atoms with van der Waals surface area (Å²) in [5, 5.41) is 20.4. The lowest BCUT2D eigenvalue weighted by atomic mass is 10.3. The first kappa shape index (κ1) is 14.4. The molecule has 3 aromatic heterocycles. The summed E-state index contributed by atoms with van der Waals surface area (Å²) < 4.78 is 1.49. The van der Waals surface area contributed by atoms with Gasteiger partial charge in [0, 0.05) is 11.4 Å². The van der Waals surface area contributed by atoms with Crippen LogP contribution in [0.4, 0.5) is 5.82 Å². The molecule has 3 rings (SSSR count).